The first kappa shape index (κ1) is 17.8. The number of carbonyl (C=O) groups is 1. The van der Waals surface area contributed by atoms with Crippen LogP contribution in [-0.2, 0) is 11.3 Å². The molecular weight excluding hydrogens is 358 g/mol. The molecule has 1 heterocycles. The average Bonchev–Trinajstić information content (AvgIpc) is 3.15. The van der Waals surface area contributed by atoms with Gasteiger partial charge in [-0.15, -0.1) is 0 Å². The van der Waals surface area contributed by atoms with Gasteiger partial charge in [-0.2, -0.15) is 0 Å². The molecule has 6 nitrogen and oxygen atoms in total. The minimum Gasteiger partial charge on any atom is -0.493 e. The molecule has 26 heavy (non-hydrogen) atoms. The molecule has 0 saturated carbocycles. The molecule has 1 aromatic heterocycles. The number of methoxy groups -OCH3 is 2. The summed E-state index contributed by atoms with van der Waals surface area (Å²) in [4.78, 5) is 12.3. The molecule has 3 rings (SSSR count). The van der Waals surface area contributed by atoms with E-state index in [0.717, 1.165) is 5.56 Å². The average molecular weight is 374 g/mol. The second-order valence-corrected chi connectivity index (χ2v) is 5.72. The van der Waals surface area contributed by atoms with Crippen molar-refractivity contribution >= 4 is 17.6 Å². The highest BCUT2D eigenvalue weighted by Crippen LogP contribution is 2.36. The molecular formula is C19H16ClNO5. The van der Waals surface area contributed by atoms with E-state index in [4.69, 9.17) is 30.3 Å². The number of rotatable bonds is 6. The normalized spacial score (nSPS) is 10.4. The van der Waals surface area contributed by atoms with E-state index in [-0.39, 0.29) is 17.2 Å². The summed E-state index contributed by atoms with van der Waals surface area (Å²) < 4.78 is 20.8. The first-order chi connectivity index (χ1) is 12.6. The Labute approximate surface area is 155 Å². The van der Waals surface area contributed by atoms with Gasteiger partial charge in [-0.05, 0) is 12.1 Å². The summed E-state index contributed by atoms with van der Waals surface area (Å²) >= 11 is 6.10. The number of hydrogen-bond acceptors (Lipinski definition) is 6. The Hall–Kier alpha value is -2.99. The van der Waals surface area contributed by atoms with Gasteiger partial charge in [-0.1, -0.05) is 47.1 Å². The van der Waals surface area contributed by atoms with Crippen LogP contribution in [0.15, 0.2) is 53.1 Å². The molecule has 0 radical (unpaired) electrons. The summed E-state index contributed by atoms with van der Waals surface area (Å²) in [6.07, 6.45) is 0. The van der Waals surface area contributed by atoms with Crippen LogP contribution >= 0.6 is 11.6 Å². The van der Waals surface area contributed by atoms with Crippen molar-refractivity contribution in [2.75, 3.05) is 14.2 Å². The Bertz CT molecular complexity index is 908. The number of ether oxygens (including phenoxy) is 3. The molecule has 0 spiro atoms. The van der Waals surface area contributed by atoms with Gasteiger partial charge in [0, 0.05) is 11.6 Å². The molecule has 0 unspecified atom stereocenters. The Morgan fingerprint density at radius 1 is 1.12 bits per heavy atom. The maximum absolute atomic E-state index is 12.3. The van der Waals surface area contributed by atoms with Gasteiger partial charge in [0.25, 0.3) is 0 Å². The van der Waals surface area contributed by atoms with Crippen LogP contribution in [0.2, 0.25) is 5.02 Å². The Balaban J connectivity index is 1.70. The van der Waals surface area contributed by atoms with Gasteiger partial charge < -0.3 is 18.7 Å². The number of benzene rings is 2. The summed E-state index contributed by atoms with van der Waals surface area (Å²) in [5.74, 6) is 0.570. The SMILES string of the molecule is COc1cc(C(=O)OCc2cc(-c3ccccc3)no2)cc(Cl)c1OC. The second-order valence-electron chi connectivity index (χ2n) is 5.31. The molecule has 0 atom stereocenters. The molecule has 134 valence electrons. The molecule has 0 N–H and O–H groups in total. The standard InChI is InChI=1S/C19H16ClNO5/c1-23-17-9-13(8-15(20)18(17)24-2)19(22)25-11-14-10-16(21-26-14)12-6-4-3-5-7-12/h3-10H,11H2,1-2H3. The minimum atomic E-state index is -0.564. The summed E-state index contributed by atoms with van der Waals surface area (Å²) in [5, 5.41) is 4.23. The van der Waals surface area contributed by atoms with E-state index in [9.17, 15) is 4.79 Å². The molecule has 0 aliphatic carbocycles. The maximum atomic E-state index is 12.3. The van der Waals surface area contributed by atoms with Crippen LogP contribution < -0.4 is 9.47 Å². The third kappa shape index (κ3) is 3.81. The fourth-order valence-corrected chi connectivity index (χ4v) is 2.67. The first-order valence-electron chi connectivity index (χ1n) is 7.72. The molecule has 0 aliphatic rings. The van der Waals surface area contributed by atoms with E-state index >= 15 is 0 Å². The van der Waals surface area contributed by atoms with Crippen molar-refractivity contribution in [2.45, 2.75) is 6.61 Å². The Kier molecular flexibility index (Phi) is 5.43. The second kappa shape index (κ2) is 7.93. The van der Waals surface area contributed by atoms with Gasteiger partial charge in [0.1, 0.15) is 5.69 Å². The van der Waals surface area contributed by atoms with Crippen LogP contribution in [0, 0.1) is 0 Å². The van der Waals surface area contributed by atoms with Crippen LogP contribution in [0.25, 0.3) is 11.3 Å². The van der Waals surface area contributed by atoms with Crippen LogP contribution in [0.5, 0.6) is 11.5 Å². The van der Waals surface area contributed by atoms with E-state index < -0.39 is 5.97 Å². The van der Waals surface area contributed by atoms with E-state index in [1.54, 1.807) is 6.07 Å². The zero-order valence-corrected chi connectivity index (χ0v) is 14.9. The number of esters is 1. The van der Waals surface area contributed by atoms with Gasteiger partial charge in [-0.3, -0.25) is 0 Å². The number of hydrogen-bond donors (Lipinski definition) is 0. The molecule has 2 aromatic carbocycles. The monoisotopic (exact) mass is 373 g/mol. The van der Waals surface area contributed by atoms with Gasteiger partial charge >= 0.3 is 5.97 Å². The lowest BCUT2D eigenvalue weighted by Gasteiger charge is -2.11. The third-order valence-corrected chi connectivity index (χ3v) is 3.92. The molecule has 0 aliphatic heterocycles. The fourth-order valence-electron chi connectivity index (χ4n) is 2.38. The van der Waals surface area contributed by atoms with Crippen molar-refractivity contribution in [2.24, 2.45) is 0 Å². The van der Waals surface area contributed by atoms with Crippen LogP contribution in [0.3, 0.4) is 0 Å². The molecule has 0 saturated heterocycles. The summed E-state index contributed by atoms with van der Waals surface area (Å²) in [6.45, 7) is -0.0510. The molecule has 0 fully saturated rings. The Morgan fingerprint density at radius 2 is 1.88 bits per heavy atom. The zero-order valence-electron chi connectivity index (χ0n) is 14.2. The molecule has 0 amide bonds. The highest BCUT2D eigenvalue weighted by atomic mass is 35.5. The van der Waals surface area contributed by atoms with Gasteiger partial charge in [0.2, 0.25) is 0 Å². The number of aromatic nitrogens is 1. The van der Waals surface area contributed by atoms with Crippen LogP contribution in [0.4, 0.5) is 0 Å². The number of halogens is 1. The number of carbonyl (C=O) groups excluding carboxylic acids is 1. The smallest absolute Gasteiger partial charge is 0.338 e. The molecule has 7 heteroatoms. The van der Waals surface area contributed by atoms with E-state index in [1.807, 2.05) is 30.3 Å². The van der Waals surface area contributed by atoms with Crippen molar-refractivity contribution < 1.29 is 23.5 Å². The van der Waals surface area contributed by atoms with Crippen molar-refractivity contribution in [3.63, 3.8) is 0 Å². The predicted molar refractivity (Wildman–Crippen MR) is 95.6 cm³/mol. The largest absolute Gasteiger partial charge is 0.493 e. The predicted octanol–water partition coefficient (Wildman–Crippen LogP) is 4.37. The van der Waals surface area contributed by atoms with Gasteiger partial charge in [0.05, 0.1) is 24.8 Å². The minimum absolute atomic E-state index is 0.0510. The lowest BCUT2D eigenvalue weighted by Crippen LogP contribution is -2.06. The van der Waals surface area contributed by atoms with Crippen LogP contribution in [-0.4, -0.2) is 25.3 Å². The third-order valence-electron chi connectivity index (χ3n) is 3.64. The van der Waals surface area contributed by atoms with Crippen molar-refractivity contribution in [1.29, 1.82) is 0 Å². The van der Waals surface area contributed by atoms with Gasteiger partial charge in [-0.25, -0.2) is 4.79 Å². The van der Waals surface area contributed by atoms with Gasteiger partial charge in [0.15, 0.2) is 23.9 Å². The zero-order chi connectivity index (χ0) is 18.5. The van der Waals surface area contributed by atoms with E-state index in [2.05, 4.69) is 5.16 Å². The summed E-state index contributed by atoms with van der Waals surface area (Å²) in [7, 11) is 2.93. The van der Waals surface area contributed by atoms with Crippen molar-refractivity contribution in [1.82, 2.24) is 5.16 Å². The fraction of sp³-hybridized carbons (Fsp3) is 0.158. The van der Waals surface area contributed by atoms with Crippen molar-refractivity contribution in [3.8, 4) is 22.8 Å². The molecule has 3 aromatic rings. The Morgan fingerprint density at radius 3 is 2.58 bits per heavy atom. The van der Waals surface area contributed by atoms with Crippen molar-refractivity contribution in [3.05, 3.63) is 64.9 Å². The van der Waals surface area contributed by atoms with E-state index in [0.29, 0.717) is 23.0 Å². The lowest BCUT2D eigenvalue weighted by atomic mass is 10.1. The lowest BCUT2D eigenvalue weighted by molar-refractivity contribution is 0.0437. The van der Waals surface area contributed by atoms with Crippen LogP contribution in [0.1, 0.15) is 16.1 Å². The summed E-state index contributed by atoms with van der Waals surface area (Å²) in [5.41, 5.74) is 1.83. The highest BCUT2D eigenvalue weighted by molar-refractivity contribution is 6.32. The maximum Gasteiger partial charge on any atom is 0.338 e. The topological polar surface area (TPSA) is 70.8 Å². The first-order valence-corrected chi connectivity index (χ1v) is 8.10. The quantitative estimate of drug-likeness (QED) is 0.597. The molecule has 0 bridgehead atoms. The van der Waals surface area contributed by atoms with E-state index in [1.165, 1.54) is 26.4 Å². The number of nitrogens with zero attached hydrogens (tertiary/aromatic N) is 1. The highest BCUT2D eigenvalue weighted by Gasteiger charge is 2.17. The summed E-state index contributed by atoms with van der Waals surface area (Å²) in [6, 6.07) is 14.3.